The van der Waals surface area contributed by atoms with Crippen LogP contribution in [0.15, 0.2) is 65.6 Å². The Kier molecular flexibility index (Phi) is 13.0. The molecule has 1 atom stereocenters. The Morgan fingerprint density at radius 1 is 0.909 bits per heavy atom. The van der Waals surface area contributed by atoms with Gasteiger partial charge in [0.05, 0.1) is 24.8 Å². The van der Waals surface area contributed by atoms with Crippen LogP contribution in [0.5, 0.6) is 11.5 Å². The number of sulfonamides is 1. The highest BCUT2D eigenvalue weighted by molar-refractivity contribution is 7.92. The number of rotatable bonds is 15. The normalized spacial score (nSPS) is 11.9. The van der Waals surface area contributed by atoms with E-state index < -0.39 is 28.5 Å². The Balaban J connectivity index is 2.11. The van der Waals surface area contributed by atoms with Crippen LogP contribution < -0.4 is 19.1 Å². The topological polar surface area (TPSA) is 105 Å². The second kappa shape index (κ2) is 16.2. The van der Waals surface area contributed by atoms with Gasteiger partial charge in [0.15, 0.2) is 11.5 Å². The average Bonchev–Trinajstić information content (AvgIpc) is 3.01. The molecule has 0 heterocycles. The molecule has 13 heteroatoms. The molecule has 0 aliphatic heterocycles. The number of amides is 2. The smallest absolute Gasteiger partial charge is 0.264 e. The number of halogens is 3. The standard InChI is InChI=1S/C31H36Cl3N3O6S/c1-5-7-17-35-31(39)27(6-2)36(19-24-25(33)9-8-10-26(24)34)30(38)20-37(22-13-11-21(32)12-14-22)44(40,41)23-15-16-28(42-3)29(18-23)43-4/h8-16,18,27H,5-7,17,19-20H2,1-4H3,(H,35,39)/t27-/m0/s1. The quantitative estimate of drug-likeness (QED) is 0.181. The molecule has 0 aliphatic rings. The van der Waals surface area contributed by atoms with E-state index in [0.717, 1.165) is 17.1 Å². The van der Waals surface area contributed by atoms with Gasteiger partial charge in [-0.2, -0.15) is 0 Å². The van der Waals surface area contributed by atoms with Gasteiger partial charge in [0.1, 0.15) is 12.6 Å². The summed E-state index contributed by atoms with van der Waals surface area (Å²) in [6, 6.07) is 14.2. The molecule has 1 N–H and O–H groups in total. The van der Waals surface area contributed by atoms with Crippen LogP contribution in [0.2, 0.25) is 15.1 Å². The Morgan fingerprint density at radius 2 is 1.55 bits per heavy atom. The Bertz CT molecular complexity index is 1530. The van der Waals surface area contributed by atoms with E-state index in [1.807, 2.05) is 6.92 Å². The minimum atomic E-state index is -4.36. The third-order valence-electron chi connectivity index (χ3n) is 6.94. The molecule has 2 amide bonds. The van der Waals surface area contributed by atoms with Crippen molar-refractivity contribution in [2.75, 3.05) is 31.6 Å². The lowest BCUT2D eigenvalue weighted by Crippen LogP contribution is -2.52. The highest BCUT2D eigenvalue weighted by Crippen LogP contribution is 2.33. The second-order valence-corrected chi connectivity index (χ2v) is 12.9. The zero-order valence-electron chi connectivity index (χ0n) is 25.0. The largest absolute Gasteiger partial charge is 0.493 e. The van der Waals surface area contributed by atoms with Crippen LogP contribution >= 0.6 is 34.8 Å². The third-order valence-corrected chi connectivity index (χ3v) is 9.67. The maximum Gasteiger partial charge on any atom is 0.264 e. The van der Waals surface area contributed by atoms with Crippen LogP contribution in [0.3, 0.4) is 0 Å². The number of carbonyl (C=O) groups excluding carboxylic acids is 2. The first kappa shape index (κ1) is 35.3. The SMILES string of the molecule is CCCCNC(=O)[C@H](CC)N(Cc1c(Cl)cccc1Cl)C(=O)CN(c1ccc(Cl)cc1)S(=O)(=O)c1ccc(OC)c(OC)c1. The average molecular weight is 685 g/mol. The molecular weight excluding hydrogens is 649 g/mol. The molecule has 0 bridgehead atoms. The fourth-order valence-corrected chi connectivity index (χ4v) is 6.59. The number of anilines is 1. The molecule has 238 valence electrons. The van der Waals surface area contributed by atoms with Crippen LogP contribution in [0.1, 0.15) is 38.7 Å². The molecular formula is C31H36Cl3N3O6S. The van der Waals surface area contributed by atoms with Gasteiger partial charge in [0.25, 0.3) is 10.0 Å². The number of nitrogens with zero attached hydrogens (tertiary/aromatic N) is 2. The molecule has 9 nitrogen and oxygen atoms in total. The van der Waals surface area contributed by atoms with Crippen molar-refractivity contribution in [2.45, 2.75) is 50.6 Å². The van der Waals surface area contributed by atoms with E-state index in [2.05, 4.69) is 5.32 Å². The highest BCUT2D eigenvalue weighted by atomic mass is 35.5. The molecule has 3 aromatic carbocycles. The molecule has 0 saturated carbocycles. The Labute approximate surface area is 274 Å². The maximum atomic E-state index is 14.2. The van der Waals surface area contributed by atoms with Crippen molar-refractivity contribution < 1.29 is 27.5 Å². The van der Waals surface area contributed by atoms with E-state index >= 15 is 0 Å². The van der Waals surface area contributed by atoms with E-state index in [4.69, 9.17) is 44.3 Å². The van der Waals surface area contributed by atoms with Crippen LogP contribution in [0.25, 0.3) is 0 Å². The lowest BCUT2D eigenvalue weighted by molar-refractivity contribution is -0.140. The van der Waals surface area contributed by atoms with Crippen LogP contribution in [-0.2, 0) is 26.2 Å². The van der Waals surface area contributed by atoms with Gasteiger partial charge in [0.2, 0.25) is 11.8 Å². The van der Waals surface area contributed by atoms with E-state index in [1.54, 1.807) is 25.1 Å². The molecule has 0 radical (unpaired) electrons. The van der Waals surface area contributed by atoms with Gasteiger partial charge in [0, 0.05) is 39.8 Å². The fraction of sp³-hybridized carbons (Fsp3) is 0.355. The van der Waals surface area contributed by atoms with Gasteiger partial charge >= 0.3 is 0 Å². The molecule has 3 aromatic rings. The van der Waals surface area contributed by atoms with Gasteiger partial charge in [-0.05, 0) is 61.4 Å². The van der Waals surface area contributed by atoms with Crippen molar-refractivity contribution in [1.29, 1.82) is 0 Å². The molecule has 0 spiro atoms. The predicted octanol–water partition coefficient (Wildman–Crippen LogP) is 6.58. The molecule has 0 aliphatic carbocycles. The monoisotopic (exact) mass is 683 g/mol. The summed E-state index contributed by atoms with van der Waals surface area (Å²) in [7, 11) is -1.53. The summed E-state index contributed by atoms with van der Waals surface area (Å²) < 4.78 is 39.9. The van der Waals surface area contributed by atoms with Crippen LogP contribution in [0.4, 0.5) is 5.69 Å². The van der Waals surface area contributed by atoms with Gasteiger partial charge < -0.3 is 19.7 Å². The minimum Gasteiger partial charge on any atom is -0.493 e. The van der Waals surface area contributed by atoms with Crippen molar-refractivity contribution in [1.82, 2.24) is 10.2 Å². The number of benzene rings is 3. The van der Waals surface area contributed by atoms with Gasteiger partial charge in [-0.15, -0.1) is 0 Å². The summed E-state index contributed by atoms with van der Waals surface area (Å²) in [6.07, 6.45) is 1.90. The number of ether oxygens (including phenoxy) is 2. The number of hydrogen-bond acceptors (Lipinski definition) is 6. The Hall–Kier alpha value is -3.18. The molecule has 0 saturated heterocycles. The number of unbranched alkanes of at least 4 members (excludes halogenated alkanes) is 1. The van der Waals surface area contributed by atoms with Crippen molar-refractivity contribution in [3.63, 3.8) is 0 Å². The van der Waals surface area contributed by atoms with Gasteiger partial charge in [-0.3, -0.25) is 13.9 Å². The maximum absolute atomic E-state index is 14.2. The summed E-state index contributed by atoms with van der Waals surface area (Å²) in [5.74, 6) is -0.472. The second-order valence-electron chi connectivity index (χ2n) is 9.80. The van der Waals surface area contributed by atoms with Gasteiger partial charge in [-0.1, -0.05) is 61.1 Å². The number of hydrogen-bond donors (Lipinski definition) is 1. The van der Waals surface area contributed by atoms with Crippen molar-refractivity contribution >= 4 is 62.3 Å². The van der Waals surface area contributed by atoms with Crippen molar-refractivity contribution in [3.8, 4) is 11.5 Å². The molecule has 0 aromatic heterocycles. The van der Waals surface area contributed by atoms with E-state index in [9.17, 15) is 18.0 Å². The molecule has 3 rings (SSSR count). The molecule has 44 heavy (non-hydrogen) atoms. The summed E-state index contributed by atoms with van der Waals surface area (Å²) in [5.41, 5.74) is 0.624. The summed E-state index contributed by atoms with van der Waals surface area (Å²) in [6.45, 7) is 3.45. The lowest BCUT2D eigenvalue weighted by Gasteiger charge is -2.33. The Morgan fingerprint density at radius 3 is 2.11 bits per heavy atom. The fourth-order valence-electron chi connectivity index (χ4n) is 4.52. The van der Waals surface area contributed by atoms with Crippen molar-refractivity contribution in [3.05, 3.63) is 81.3 Å². The number of nitrogens with one attached hydrogen (secondary N) is 1. The zero-order chi connectivity index (χ0) is 32.4. The third kappa shape index (κ3) is 8.50. The summed E-state index contributed by atoms with van der Waals surface area (Å²) in [4.78, 5) is 28.8. The van der Waals surface area contributed by atoms with E-state index in [0.29, 0.717) is 32.9 Å². The van der Waals surface area contributed by atoms with E-state index in [1.165, 1.54) is 61.6 Å². The van der Waals surface area contributed by atoms with Crippen molar-refractivity contribution in [2.24, 2.45) is 0 Å². The van der Waals surface area contributed by atoms with Crippen LogP contribution in [-0.4, -0.2) is 58.5 Å². The first-order chi connectivity index (χ1) is 21.0. The first-order valence-electron chi connectivity index (χ1n) is 14.0. The zero-order valence-corrected chi connectivity index (χ0v) is 28.1. The first-order valence-corrected chi connectivity index (χ1v) is 16.6. The lowest BCUT2D eigenvalue weighted by atomic mass is 10.1. The number of carbonyl (C=O) groups is 2. The molecule has 0 fully saturated rings. The number of methoxy groups -OCH3 is 2. The van der Waals surface area contributed by atoms with E-state index in [-0.39, 0.29) is 35.2 Å². The summed E-state index contributed by atoms with van der Waals surface area (Å²) in [5, 5.41) is 3.89. The highest BCUT2D eigenvalue weighted by Gasteiger charge is 2.34. The molecule has 0 unspecified atom stereocenters. The predicted molar refractivity (Wildman–Crippen MR) is 175 cm³/mol. The minimum absolute atomic E-state index is 0.123. The summed E-state index contributed by atoms with van der Waals surface area (Å²) >= 11 is 19.0. The van der Waals surface area contributed by atoms with Crippen LogP contribution in [0, 0.1) is 0 Å². The van der Waals surface area contributed by atoms with Gasteiger partial charge in [-0.25, -0.2) is 8.42 Å².